The predicted octanol–water partition coefficient (Wildman–Crippen LogP) is 3.00. The SMILES string of the molecule is COc1ccccc1C(C)N(C)C(=O)NCc1cccnc1OC. The molecule has 0 bridgehead atoms. The Morgan fingerprint density at radius 3 is 2.67 bits per heavy atom. The lowest BCUT2D eigenvalue weighted by atomic mass is 10.1. The third-order valence-electron chi connectivity index (χ3n) is 3.96. The fourth-order valence-corrected chi connectivity index (χ4v) is 2.43. The van der Waals surface area contributed by atoms with E-state index in [2.05, 4.69) is 10.3 Å². The first kappa shape index (κ1) is 17.6. The molecule has 1 aromatic carbocycles. The predicted molar refractivity (Wildman–Crippen MR) is 92.2 cm³/mol. The van der Waals surface area contributed by atoms with E-state index in [1.807, 2.05) is 43.3 Å². The van der Waals surface area contributed by atoms with E-state index in [1.54, 1.807) is 32.4 Å². The summed E-state index contributed by atoms with van der Waals surface area (Å²) in [7, 11) is 4.94. The number of hydrogen-bond acceptors (Lipinski definition) is 4. The Hall–Kier alpha value is -2.76. The number of aromatic nitrogens is 1. The highest BCUT2D eigenvalue weighted by atomic mass is 16.5. The molecule has 128 valence electrons. The van der Waals surface area contributed by atoms with E-state index in [0.717, 1.165) is 16.9 Å². The second-order valence-corrected chi connectivity index (χ2v) is 5.36. The van der Waals surface area contributed by atoms with Crippen LogP contribution in [-0.2, 0) is 6.54 Å². The van der Waals surface area contributed by atoms with Gasteiger partial charge in [-0.2, -0.15) is 0 Å². The van der Waals surface area contributed by atoms with Crippen LogP contribution in [0.4, 0.5) is 4.79 Å². The zero-order valence-corrected chi connectivity index (χ0v) is 14.4. The van der Waals surface area contributed by atoms with E-state index in [1.165, 1.54) is 0 Å². The molecular formula is C18H23N3O3. The second kappa shape index (κ2) is 8.19. The summed E-state index contributed by atoms with van der Waals surface area (Å²) in [6.07, 6.45) is 1.65. The van der Waals surface area contributed by atoms with Crippen LogP contribution in [0.1, 0.15) is 24.1 Å². The Morgan fingerprint density at radius 1 is 1.21 bits per heavy atom. The van der Waals surface area contributed by atoms with Crippen molar-refractivity contribution in [2.75, 3.05) is 21.3 Å². The summed E-state index contributed by atoms with van der Waals surface area (Å²) in [4.78, 5) is 18.2. The number of hydrogen-bond donors (Lipinski definition) is 1. The van der Waals surface area contributed by atoms with Crippen LogP contribution >= 0.6 is 0 Å². The average molecular weight is 329 g/mol. The zero-order chi connectivity index (χ0) is 17.5. The van der Waals surface area contributed by atoms with Crippen molar-refractivity contribution in [3.63, 3.8) is 0 Å². The van der Waals surface area contributed by atoms with Crippen LogP contribution in [0.2, 0.25) is 0 Å². The summed E-state index contributed by atoms with van der Waals surface area (Å²) in [5.41, 5.74) is 1.78. The fraction of sp³-hybridized carbons (Fsp3) is 0.333. The number of urea groups is 1. The lowest BCUT2D eigenvalue weighted by Crippen LogP contribution is -2.38. The first-order valence-corrected chi connectivity index (χ1v) is 7.70. The van der Waals surface area contributed by atoms with E-state index < -0.39 is 0 Å². The van der Waals surface area contributed by atoms with E-state index in [9.17, 15) is 4.79 Å². The Balaban J connectivity index is 2.04. The summed E-state index contributed by atoms with van der Waals surface area (Å²) in [6.45, 7) is 2.31. The second-order valence-electron chi connectivity index (χ2n) is 5.36. The highest BCUT2D eigenvalue weighted by Crippen LogP contribution is 2.28. The van der Waals surface area contributed by atoms with Crippen molar-refractivity contribution in [3.8, 4) is 11.6 Å². The Labute approximate surface area is 142 Å². The number of para-hydroxylation sites is 1. The highest BCUT2D eigenvalue weighted by molar-refractivity contribution is 5.74. The van der Waals surface area contributed by atoms with E-state index in [4.69, 9.17) is 9.47 Å². The van der Waals surface area contributed by atoms with E-state index in [-0.39, 0.29) is 12.1 Å². The lowest BCUT2D eigenvalue weighted by Gasteiger charge is -2.26. The van der Waals surface area contributed by atoms with Gasteiger partial charge in [0.15, 0.2) is 0 Å². The number of carbonyl (C=O) groups is 1. The van der Waals surface area contributed by atoms with Crippen molar-refractivity contribution >= 4 is 6.03 Å². The van der Waals surface area contributed by atoms with Crippen molar-refractivity contribution in [3.05, 3.63) is 53.7 Å². The average Bonchev–Trinajstić information content (AvgIpc) is 2.64. The van der Waals surface area contributed by atoms with Gasteiger partial charge < -0.3 is 19.7 Å². The third kappa shape index (κ3) is 3.95. The van der Waals surface area contributed by atoms with Gasteiger partial charge in [0.05, 0.1) is 20.3 Å². The zero-order valence-electron chi connectivity index (χ0n) is 14.4. The molecule has 1 N–H and O–H groups in total. The Bertz CT molecular complexity index is 691. The van der Waals surface area contributed by atoms with Gasteiger partial charge in [-0.3, -0.25) is 0 Å². The molecule has 0 radical (unpaired) electrons. The van der Waals surface area contributed by atoms with Crippen LogP contribution in [0.3, 0.4) is 0 Å². The number of pyridine rings is 1. The standard InChI is InChI=1S/C18H23N3O3/c1-13(15-9-5-6-10-16(15)23-3)21(2)18(22)20-12-14-8-7-11-19-17(14)24-4/h5-11,13H,12H2,1-4H3,(H,20,22). The van der Waals surface area contributed by atoms with E-state index >= 15 is 0 Å². The third-order valence-corrected chi connectivity index (χ3v) is 3.96. The Morgan fingerprint density at radius 2 is 1.96 bits per heavy atom. The maximum Gasteiger partial charge on any atom is 0.317 e. The fourth-order valence-electron chi connectivity index (χ4n) is 2.43. The van der Waals surface area contributed by atoms with Crippen molar-refractivity contribution in [1.29, 1.82) is 0 Å². The molecule has 1 atom stereocenters. The van der Waals surface area contributed by atoms with Crippen LogP contribution in [0.5, 0.6) is 11.6 Å². The largest absolute Gasteiger partial charge is 0.496 e. The molecule has 0 saturated carbocycles. The number of carbonyl (C=O) groups excluding carboxylic acids is 1. The number of methoxy groups -OCH3 is 2. The van der Waals surface area contributed by atoms with Gasteiger partial charge >= 0.3 is 6.03 Å². The molecule has 2 amide bonds. The maximum atomic E-state index is 12.4. The number of nitrogens with one attached hydrogen (secondary N) is 1. The summed E-state index contributed by atoms with van der Waals surface area (Å²) in [6, 6.07) is 11.1. The summed E-state index contributed by atoms with van der Waals surface area (Å²) < 4.78 is 10.6. The monoisotopic (exact) mass is 329 g/mol. The lowest BCUT2D eigenvalue weighted by molar-refractivity contribution is 0.193. The van der Waals surface area contributed by atoms with Crippen LogP contribution in [0.15, 0.2) is 42.6 Å². The first-order chi connectivity index (χ1) is 11.6. The van der Waals surface area contributed by atoms with Crippen LogP contribution < -0.4 is 14.8 Å². The summed E-state index contributed by atoms with van der Waals surface area (Å²) in [5, 5.41) is 2.89. The molecule has 0 saturated heterocycles. The van der Waals surface area contributed by atoms with Crippen molar-refractivity contribution < 1.29 is 14.3 Å². The molecule has 6 heteroatoms. The minimum atomic E-state index is -0.181. The molecule has 24 heavy (non-hydrogen) atoms. The molecule has 1 aromatic heterocycles. The van der Waals surface area contributed by atoms with Crippen molar-refractivity contribution in [1.82, 2.24) is 15.2 Å². The molecule has 0 aliphatic rings. The summed E-state index contributed by atoms with van der Waals surface area (Å²) >= 11 is 0. The van der Waals surface area contributed by atoms with Crippen LogP contribution in [-0.4, -0.2) is 37.2 Å². The molecule has 0 aliphatic heterocycles. The van der Waals surface area contributed by atoms with Gasteiger partial charge in [0, 0.05) is 30.9 Å². The minimum absolute atomic E-state index is 0.128. The molecule has 0 spiro atoms. The van der Waals surface area contributed by atoms with Crippen molar-refractivity contribution in [2.45, 2.75) is 19.5 Å². The normalized spacial score (nSPS) is 11.5. The smallest absolute Gasteiger partial charge is 0.317 e. The number of nitrogens with zero attached hydrogens (tertiary/aromatic N) is 2. The molecule has 1 heterocycles. The van der Waals surface area contributed by atoms with Gasteiger partial charge in [0.1, 0.15) is 5.75 Å². The highest BCUT2D eigenvalue weighted by Gasteiger charge is 2.20. The Kier molecular flexibility index (Phi) is 6.01. The topological polar surface area (TPSA) is 63.7 Å². The first-order valence-electron chi connectivity index (χ1n) is 7.70. The van der Waals surface area contributed by atoms with Crippen molar-refractivity contribution in [2.24, 2.45) is 0 Å². The van der Waals surface area contributed by atoms with Crippen LogP contribution in [0.25, 0.3) is 0 Å². The molecular weight excluding hydrogens is 306 g/mol. The molecule has 2 aromatic rings. The van der Waals surface area contributed by atoms with Gasteiger partial charge in [-0.25, -0.2) is 9.78 Å². The molecule has 0 aliphatic carbocycles. The molecule has 6 nitrogen and oxygen atoms in total. The maximum absolute atomic E-state index is 12.4. The number of ether oxygens (including phenoxy) is 2. The van der Waals surface area contributed by atoms with Gasteiger partial charge in [-0.1, -0.05) is 24.3 Å². The molecule has 1 unspecified atom stereocenters. The van der Waals surface area contributed by atoms with E-state index in [0.29, 0.717) is 12.4 Å². The van der Waals surface area contributed by atoms with Crippen LogP contribution in [0, 0.1) is 0 Å². The van der Waals surface area contributed by atoms with Gasteiger partial charge in [-0.15, -0.1) is 0 Å². The number of amides is 2. The van der Waals surface area contributed by atoms with Gasteiger partial charge in [0.25, 0.3) is 0 Å². The van der Waals surface area contributed by atoms with Gasteiger partial charge in [0.2, 0.25) is 5.88 Å². The number of benzene rings is 1. The quantitative estimate of drug-likeness (QED) is 0.885. The molecule has 0 fully saturated rings. The summed E-state index contributed by atoms with van der Waals surface area (Å²) in [5.74, 6) is 1.27. The van der Waals surface area contributed by atoms with Gasteiger partial charge in [-0.05, 0) is 19.1 Å². The minimum Gasteiger partial charge on any atom is -0.496 e. The molecule has 2 rings (SSSR count). The number of rotatable bonds is 6.